The molecule has 0 bridgehead atoms. The van der Waals surface area contributed by atoms with Crippen molar-refractivity contribution in [2.75, 3.05) is 13.7 Å². The molecule has 0 aromatic carbocycles. The van der Waals surface area contributed by atoms with Gasteiger partial charge in [0.05, 0.1) is 0 Å². The predicted molar refractivity (Wildman–Crippen MR) is 59.1 cm³/mol. The van der Waals surface area contributed by atoms with Gasteiger partial charge in [-0.25, -0.2) is 0 Å². The SMILES string of the molecule is CCN[Si](C)(OC)C1CCCCC1. The van der Waals surface area contributed by atoms with Crippen molar-refractivity contribution in [3.8, 4) is 0 Å². The van der Waals surface area contributed by atoms with Crippen molar-refractivity contribution in [2.24, 2.45) is 0 Å². The zero-order chi connectivity index (χ0) is 9.73. The summed E-state index contributed by atoms with van der Waals surface area (Å²) in [6.45, 7) is 5.55. The third kappa shape index (κ3) is 2.79. The van der Waals surface area contributed by atoms with E-state index in [4.69, 9.17) is 4.43 Å². The molecule has 0 spiro atoms. The van der Waals surface area contributed by atoms with Crippen molar-refractivity contribution in [1.29, 1.82) is 0 Å². The van der Waals surface area contributed by atoms with Gasteiger partial charge in [0.2, 0.25) is 0 Å². The Labute approximate surface area is 83.3 Å². The minimum absolute atomic E-state index is 0.839. The largest absolute Gasteiger partial charge is 0.406 e. The Kier molecular flexibility index (Phi) is 4.42. The monoisotopic (exact) mass is 201 g/mol. The topological polar surface area (TPSA) is 21.3 Å². The van der Waals surface area contributed by atoms with Gasteiger partial charge in [0.25, 0.3) is 8.48 Å². The Hall–Kier alpha value is 0.137. The second-order valence-corrected chi connectivity index (χ2v) is 7.97. The highest BCUT2D eigenvalue weighted by molar-refractivity contribution is 6.71. The van der Waals surface area contributed by atoms with Crippen LogP contribution >= 0.6 is 0 Å². The van der Waals surface area contributed by atoms with Gasteiger partial charge in [-0.1, -0.05) is 26.2 Å². The molecule has 1 fully saturated rings. The molecular weight excluding hydrogens is 178 g/mol. The van der Waals surface area contributed by atoms with Crippen LogP contribution in [-0.4, -0.2) is 22.1 Å². The fourth-order valence-corrected chi connectivity index (χ4v) is 5.37. The molecule has 1 unspecified atom stereocenters. The van der Waals surface area contributed by atoms with E-state index in [1.54, 1.807) is 0 Å². The van der Waals surface area contributed by atoms with Gasteiger partial charge in [-0.05, 0) is 31.5 Å². The standard InChI is InChI=1S/C10H23NOSi/c1-4-11-13(3,12-2)10-8-6-5-7-9-10/h10-11H,4-9H2,1-3H3. The summed E-state index contributed by atoms with van der Waals surface area (Å²) in [4.78, 5) is 3.60. The van der Waals surface area contributed by atoms with E-state index in [1.807, 2.05) is 7.11 Å². The van der Waals surface area contributed by atoms with Crippen LogP contribution in [-0.2, 0) is 4.43 Å². The molecule has 0 aromatic heterocycles. The predicted octanol–water partition coefficient (Wildman–Crippen LogP) is 2.65. The highest BCUT2D eigenvalue weighted by atomic mass is 28.4. The summed E-state index contributed by atoms with van der Waals surface area (Å²) in [6.07, 6.45) is 6.99. The second kappa shape index (κ2) is 5.13. The lowest BCUT2D eigenvalue weighted by molar-refractivity contribution is 0.345. The average Bonchev–Trinajstić information content (AvgIpc) is 2.19. The van der Waals surface area contributed by atoms with Crippen LogP contribution in [0.5, 0.6) is 0 Å². The molecule has 1 saturated carbocycles. The van der Waals surface area contributed by atoms with Gasteiger partial charge in [0, 0.05) is 7.11 Å². The molecule has 13 heavy (non-hydrogen) atoms. The normalized spacial score (nSPS) is 24.2. The Morgan fingerprint density at radius 2 is 1.92 bits per heavy atom. The fraction of sp³-hybridized carbons (Fsp3) is 1.00. The van der Waals surface area contributed by atoms with E-state index in [0.717, 1.165) is 12.1 Å². The van der Waals surface area contributed by atoms with Crippen molar-refractivity contribution in [3.63, 3.8) is 0 Å². The van der Waals surface area contributed by atoms with Crippen molar-refractivity contribution in [2.45, 2.75) is 51.1 Å². The van der Waals surface area contributed by atoms with Crippen LogP contribution < -0.4 is 4.98 Å². The smallest absolute Gasteiger partial charge is 0.268 e. The molecule has 1 aliphatic carbocycles. The maximum Gasteiger partial charge on any atom is 0.268 e. The number of nitrogens with one attached hydrogen (secondary N) is 1. The van der Waals surface area contributed by atoms with Crippen LogP contribution in [0, 0.1) is 0 Å². The molecule has 0 aromatic rings. The first-order valence-electron chi connectivity index (χ1n) is 5.53. The van der Waals surface area contributed by atoms with Crippen molar-refractivity contribution >= 4 is 8.48 Å². The molecule has 1 rings (SSSR count). The maximum absolute atomic E-state index is 5.75. The fourth-order valence-electron chi connectivity index (χ4n) is 2.39. The minimum atomic E-state index is -1.57. The summed E-state index contributed by atoms with van der Waals surface area (Å²) >= 11 is 0. The van der Waals surface area contributed by atoms with E-state index < -0.39 is 8.48 Å². The van der Waals surface area contributed by atoms with Gasteiger partial charge in [-0.2, -0.15) is 0 Å². The summed E-state index contributed by atoms with van der Waals surface area (Å²) in [5.74, 6) is 0. The zero-order valence-electron chi connectivity index (χ0n) is 9.23. The quantitative estimate of drug-likeness (QED) is 0.706. The molecular formula is C10H23NOSi. The van der Waals surface area contributed by atoms with Crippen LogP contribution in [0.4, 0.5) is 0 Å². The summed E-state index contributed by atoms with van der Waals surface area (Å²) in [5, 5.41) is 0. The van der Waals surface area contributed by atoms with Crippen LogP contribution in [0.1, 0.15) is 39.0 Å². The van der Waals surface area contributed by atoms with E-state index in [1.165, 1.54) is 32.1 Å². The highest BCUT2D eigenvalue weighted by Gasteiger charge is 2.37. The Morgan fingerprint density at radius 3 is 2.38 bits per heavy atom. The molecule has 0 amide bonds. The first kappa shape index (κ1) is 11.2. The Balaban J connectivity index is 2.51. The molecule has 1 N–H and O–H groups in total. The van der Waals surface area contributed by atoms with Gasteiger partial charge < -0.3 is 9.41 Å². The lowest BCUT2D eigenvalue weighted by atomic mass is 10.0. The molecule has 3 heteroatoms. The average molecular weight is 201 g/mol. The van der Waals surface area contributed by atoms with E-state index in [0.29, 0.717) is 0 Å². The lowest BCUT2D eigenvalue weighted by Crippen LogP contribution is -2.54. The Bertz CT molecular complexity index is 148. The van der Waals surface area contributed by atoms with E-state index in [2.05, 4.69) is 18.5 Å². The molecule has 0 heterocycles. The van der Waals surface area contributed by atoms with E-state index in [-0.39, 0.29) is 0 Å². The van der Waals surface area contributed by atoms with Crippen molar-refractivity contribution < 1.29 is 4.43 Å². The van der Waals surface area contributed by atoms with Crippen LogP contribution in [0.3, 0.4) is 0 Å². The summed E-state index contributed by atoms with van der Waals surface area (Å²) in [7, 11) is 0.306. The number of rotatable bonds is 4. The van der Waals surface area contributed by atoms with Crippen molar-refractivity contribution in [3.05, 3.63) is 0 Å². The molecule has 0 saturated heterocycles. The van der Waals surface area contributed by atoms with Crippen molar-refractivity contribution in [1.82, 2.24) is 4.98 Å². The van der Waals surface area contributed by atoms with Crippen LogP contribution in [0.15, 0.2) is 0 Å². The summed E-state index contributed by atoms with van der Waals surface area (Å²) in [5.41, 5.74) is 0.839. The minimum Gasteiger partial charge on any atom is -0.406 e. The molecule has 1 aliphatic rings. The van der Waals surface area contributed by atoms with Crippen LogP contribution in [0.2, 0.25) is 12.1 Å². The van der Waals surface area contributed by atoms with E-state index in [9.17, 15) is 0 Å². The lowest BCUT2D eigenvalue weighted by Gasteiger charge is -2.36. The second-order valence-electron chi connectivity index (χ2n) is 4.18. The molecule has 2 nitrogen and oxygen atoms in total. The number of hydrogen-bond donors (Lipinski definition) is 1. The van der Waals surface area contributed by atoms with E-state index >= 15 is 0 Å². The highest BCUT2D eigenvalue weighted by Crippen LogP contribution is 2.35. The van der Waals surface area contributed by atoms with Gasteiger partial charge in [-0.15, -0.1) is 0 Å². The zero-order valence-corrected chi connectivity index (χ0v) is 10.2. The van der Waals surface area contributed by atoms with Gasteiger partial charge in [-0.3, -0.25) is 0 Å². The molecule has 1 atom stereocenters. The molecule has 0 aliphatic heterocycles. The first-order valence-corrected chi connectivity index (χ1v) is 8.01. The van der Waals surface area contributed by atoms with Gasteiger partial charge >= 0.3 is 0 Å². The Morgan fingerprint density at radius 1 is 1.31 bits per heavy atom. The first-order chi connectivity index (χ1) is 6.23. The van der Waals surface area contributed by atoms with Gasteiger partial charge in [0.15, 0.2) is 0 Å². The third-order valence-corrected chi connectivity index (χ3v) is 7.38. The van der Waals surface area contributed by atoms with Crippen LogP contribution in [0.25, 0.3) is 0 Å². The molecule has 0 radical (unpaired) electrons. The maximum atomic E-state index is 5.75. The summed E-state index contributed by atoms with van der Waals surface area (Å²) in [6, 6.07) is 0. The third-order valence-electron chi connectivity index (χ3n) is 3.34. The van der Waals surface area contributed by atoms with Gasteiger partial charge in [0.1, 0.15) is 0 Å². The molecule has 78 valence electrons. The number of hydrogen-bond acceptors (Lipinski definition) is 2. The summed E-state index contributed by atoms with van der Waals surface area (Å²) < 4.78 is 5.75.